The fraction of sp³-hybridized carbons (Fsp3) is 0.250. The number of benzene rings is 2. The number of carbonyl (C=O) groups is 2. The average Bonchev–Trinajstić information content (AvgIpc) is 2.66. The molecule has 7 nitrogen and oxygen atoms in total. The quantitative estimate of drug-likeness (QED) is 0.356. The van der Waals surface area contributed by atoms with Crippen LogP contribution in [0.3, 0.4) is 0 Å². The minimum Gasteiger partial charge on any atom is -0.503 e. The van der Waals surface area contributed by atoms with Crippen LogP contribution in [-0.4, -0.2) is 29.7 Å². The van der Waals surface area contributed by atoms with Crippen molar-refractivity contribution in [3.05, 3.63) is 52.0 Å². The number of hydrazone groups is 1. The highest BCUT2D eigenvalue weighted by atomic mass is 79.9. The number of phenolic OH excluding ortho intramolecular Hbond substituents is 1. The van der Waals surface area contributed by atoms with Gasteiger partial charge in [-0.15, -0.1) is 0 Å². The topological polar surface area (TPSA) is 100 Å². The Balaban J connectivity index is 1.96. The normalized spacial score (nSPS) is 10.9. The molecule has 2 amide bonds. The first kappa shape index (κ1) is 21.4. The van der Waals surface area contributed by atoms with Crippen molar-refractivity contribution in [1.82, 2.24) is 5.43 Å². The largest absolute Gasteiger partial charge is 0.503 e. The first-order valence-electron chi connectivity index (χ1n) is 8.71. The van der Waals surface area contributed by atoms with Crippen molar-refractivity contribution in [2.45, 2.75) is 26.7 Å². The van der Waals surface area contributed by atoms with E-state index in [2.05, 4.69) is 45.6 Å². The Morgan fingerprint density at radius 3 is 2.50 bits per heavy atom. The summed E-state index contributed by atoms with van der Waals surface area (Å²) in [4.78, 5) is 23.8. The predicted molar refractivity (Wildman–Crippen MR) is 112 cm³/mol. The summed E-state index contributed by atoms with van der Waals surface area (Å²) in [6.07, 6.45) is 1.34. The zero-order valence-corrected chi connectivity index (χ0v) is 17.4. The molecule has 0 aromatic heterocycles. The Morgan fingerprint density at radius 1 is 1.21 bits per heavy atom. The highest BCUT2D eigenvalue weighted by Crippen LogP contribution is 2.35. The molecule has 148 valence electrons. The molecule has 0 heterocycles. The van der Waals surface area contributed by atoms with E-state index < -0.39 is 11.8 Å². The molecule has 2 aromatic carbocycles. The zero-order chi connectivity index (χ0) is 20.7. The number of anilines is 1. The van der Waals surface area contributed by atoms with Gasteiger partial charge in [0.2, 0.25) is 0 Å². The van der Waals surface area contributed by atoms with Crippen LogP contribution in [0.4, 0.5) is 5.69 Å². The van der Waals surface area contributed by atoms with E-state index in [4.69, 9.17) is 4.74 Å². The van der Waals surface area contributed by atoms with Gasteiger partial charge in [-0.25, -0.2) is 5.43 Å². The number of nitrogens with one attached hydrogen (secondary N) is 2. The van der Waals surface area contributed by atoms with E-state index >= 15 is 0 Å². The minimum atomic E-state index is -0.896. The van der Waals surface area contributed by atoms with Gasteiger partial charge in [0.15, 0.2) is 11.5 Å². The van der Waals surface area contributed by atoms with Crippen LogP contribution in [0, 0.1) is 0 Å². The van der Waals surface area contributed by atoms with E-state index in [1.54, 1.807) is 31.2 Å². The minimum absolute atomic E-state index is 0.0223. The molecule has 0 spiro atoms. The standard InChI is InChI=1S/C20H22BrN3O4/c1-4-28-17-10-13(9-16(21)18(17)25)11-22-24-20(27)19(26)23-15-7-5-14(6-8-15)12(2)3/h5-12,25H,4H2,1-3H3,(H,23,26)(H,24,27)/b22-11-. The Morgan fingerprint density at radius 2 is 1.89 bits per heavy atom. The van der Waals surface area contributed by atoms with Crippen LogP contribution in [0.1, 0.15) is 37.8 Å². The molecule has 0 aliphatic carbocycles. The molecule has 0 bridgehead atoms. The van der Waals surface area contributed by atoms with Crippen LogP contribution < -0.4 is 15.5 Å². The SMILES string of the molecule is CCOc1cc(/C=N\NC(=O)C(=O)Nc2ccc(C(C)C)cc2)cc(Br)c1O. The third-order valence-corrected chi connectivity index (χ3v) is 4.38. The number of carbonyl (C=O) groups excluding carboxylic acids is 2. The summed E-state index contributed by atoms with van der Waals surface area (Å²) in [6.45, 7) is 6.32. The highest BCUT2D eigenvalue weighted by Gasteiger charge is 2.13. The smallest absolute Gasteiger partial charge is 0.329 e. The van der Waals surface area contributed by atoms with E-state index in [0.717, 1.165) is 5.56 Å². The number of nitrogens with zero attached hydrogens (tertiary/aromatic N) is 1. The Labute approximate surface area is 171 Å². The molecule has 2 rings (SSSR count). The number of rotatable bonds is 6. The number of phenols is 1. The van der Waals surface area contributed by atoms with Gasteiger partial charge in [-0.1, -0.05) is 26.0 Å². The van der Waals surface area contributed by atoms with Crippen LogP contribution in [0.5, 0.6) is 11.5 Å². The van der Waals surface area contributed by atoms with E-state index in [-0.39, 0.29) is 11.5 Å². The molecular weight excluding hydrogens is 426 g/mol. The summed E-state index contributed by atoms with van der Waals surface area (Å²) in [5, 5.41) is 16.2. The van der Waals surface area contributed by atoms with Crippen LogP contribution in [0.2, 0.25) is 0 Å². The molecule has 2 aromatic rings. The van der Waals surface area contributed by atoms with E-state index in [1.807, 2.05) is 12.1 Å². The molecule has 0 saturated heterocycles. The summed E-state index contributed by atoms with van der Waals surface area (Å²) in [6, 6.07) is 10.4. The highest BCUT2D eigenvalue weighted by molar-refractivity contribution is 9.10. The van der Waals surface area contributed by atoms with Crippen LogP contribution in [0.15, 0.2) is 46.0 Å². The van der Waals surface area contributed by atoms with Crippen LogP contribution >= 0.6 is 15.9 Å². The molecule has 0 atom stereocenters. The Hall–Kier alpha value is -2.87. The second-order valence-electron chi connectivity index (χ2n) is 6.21. The van der Waals surface area contributed by atoms with E-state index in [1.165, 1.54) is 6.21 Å². The number of amides is 2. The second kappa shape index (κ2) is 9.89. The maximum atomic E-state index is 12.0. The van der Waals surface area contributed by atoms with Crippen molar-refractivity contribution < 1.29 is 19.4 Å². The fourth-order valence-electron chi connectivity index (χ4n) is 2.29. The van der Waals surface area contributed by atoms with Crippen molar-refractivity contribution in [3.8, 4) is 11.5 Å². The summed E-state index contributed by atoms with van der Waals surface area (Å²) >= 11 is 3.22. The lowest BCUT2D eigenvalue weighted by Gasteiger charge is -2.08. The van der Waals surface area contributed by atoms with Gasteiger partial charge < -0.3 is 15.2 Å². The molecule has 0 aliphatic heterocycles. The number of aromatic hydroxyl groups is 1. The van der Waals surface area contributed by atoms with Gasteiger partial charge in [0.1, 0.15) is 0 Å². The molecule has 0 unspecified atom stereocenters. The molecule has 0 saturated carbocycles. The van der Waals surface area contributed by atoms with Crippen molar-refractivity contribution in [2.24, 2.45) is 5.10 Å². The summed E-state index contributed by atoms with van der Waals surface area (Å²) in [5.41, 5.74) is 4.40. The maximum absolute atomic E-state index is 12.0. The fourth-order valence-corrected chi connectivity index (χ4v) is 2.75. The number of hydrogen-bond acceptors (Lipinski definition) is 5. The third-order valence-electron chi connectivity index (χ3n) is 3.77. The number of ether oxygens (including phenoxy) is 1. The van der Waals surface area contributed by atoms with Gasteiger partial charge in [-0.2, -0.15) is 5.10 Å². The summed E-state index contributed by atoms with van der Waals surface area (Å²) < 4.78 is 5.74. The zero-order valence-electron chi connectivity index (χ0n) is 15.8. The van der Waals surface area contributed by atoms with Crippen molar-refractivity contribution in [2.75, 3.05) is 11.9 Å². The summed E-state index contributed by atoms with van der Waals surface area (Å²) in [7, 11) is 0. The van der Waals surface area contributed by atoms with Gasteiger partial charge in [0.05, 0.1) is 17.3 Å². The lowest BCUT2D eigenvalue weighted by atomic mass is 10.0. The lowest BCUT2D eigenvalue weighted by molar-refractivity contribution is -0.136. The summed E-state index contributed by atoms with van der Waals surface area (Å²) in [5.74, 6) is -1.08. The molecule has 0 radical (unpaired) electrons. The van der Waals surface area contributed by atoms with Crippen molar-refractivity contribution >= 4 is 39.6 Å². The molecular formula is C20H22BrN3O4. The molecule has 28 heavy (non-hydrogen) atoms. The van der Waals surface area contributed by atoms with Crippen LogP contribution in [-0.2, 0) is 9.59 Å². The Kier molecular flexibility index (Phi) is 7.57. The maximum Gasteiger partial charge on any atom is 0.329 e. The first-order valence-corrected chi connectivity index (χ1v) is 9.50. The number of halogens is 1. The predicted octanol–water partition coefficient (Wildman–Crippen LogP) is 3.77. The van der Waals surface area contributed by atoms with Gasteiger partial charge in [0.25, 0.3) is 0 Å². The van der Waals surface area contributed by atoms with Crippen molar-refractivity contribution in [1.29, 1.82) is 0 Å². The Bertz CT molecular complexity index is 880. The van der Waals surface area contributed by atoms with E-state index in [9.17, 15) is 14.7 Å². The first-order chi connectivity index (χ1) is 13.3. The number of hydrogen-bond donors (Lipinski definition) is 3. The molecule has 0 fully saturated rings. The van der Waals surface area contributed by atoms with Crippen LogP contribution in [0.25, 0.3) is 0 Å². The molecule has 0 aliphatic rings. The third kappa shape index (κ3) is 5.82. The van der Waals surface area contributed by atoms with Gasteiger partial charge in [-0.05, 0) is 64.2 Å². The second-order valence-corrected chi connectivity index (χ2v) is 7.07. The molecule has 3 N–H and O–H groups in total. The van der Waals surface area contributed by atoms with Gasteiger partial charge in [0, 0.05) is 5.69 Å². The monoisotopic (exact) mass is 447 g/mol. The van der Waals surface area contributed by atoms with Crippen molar-refractivity contribution in [3.63, 3.8) is 0 Å². The van der Waals surface area contributed by atoms with Gasteiger partial charge >= 0.3 is 11.8 Å². The van der Waals surface area contributed by atoms with Gasteiger partial charge in [-0.3, -0.25) is 9.59 Å². The molecule has 8 heteroatoms. The lowest BCUT2D eigenvalue weighted by Crippen LogP contribution is -2.32. The average molecular weight is 448 g/mol. The van der Waals surface area contributed by atoms with E-state index in [0.29, 0.717) is 28.2 Å².